The van der Waals surface area contributed by atoms with Crippen LogP contribution in [0.1, 0.15) is 12.0 Å². The molecule has 2 heterocycles. The highest BCUT2D eigenvalue weighted by Gasteiger charge is 2.20. The van der Waals surface area contributed by atoms with Crippen molar-refractivity contribution in [2.45, 2.75) is 13.0 Å². The van der Waals surface area contributed by atoms with Crippen molar-refractivity contribution in [1.29, 1.82) is 0 Å². The first-order valence-electron chi connectivity index (χ1n) is 5.31. The van der Waals surface area contributed by atoms with E-state index in [0.717, 1.165) is 24.2 Å². The van der Waals surface area contributed by atoms with Crippen molar-refractivity contribution in [3.05, 3.63) is 28.5 Å². The van der Waals surface area contributed by atoms with Gasteiger partial charge in [0.2, 0.25) is 0 Å². The van der Waals surface area contributed by atoms with Gasteiger partial charge in [0.25, 0.3) is 0 Å². The first kappa shape index (κ1) is 11.0. The number of nitrogens with zero attached hydrogens (tertiary/aromatic N) is 2. The maximum atomic E-state index is 5.67. The molecule has 0 aliphatic carbocycles. The van der Waals surface area contributed by atoms with Crippen molar-refractivity contribution in [1.82, 2.24) is 9.88 Å². The molecule has 0 amide bonds. The first-order chi connectivity index (χ1) is 7.28. The number of hydrogen-bond acceptors (Lipinski definition) is 3. The number of hydrogen-bond donors (Lipinski definition) is 1. The van der Waals surface area contributed by atoms with Gasteiger partial charge in [-0.05, 0) is 59.1 Å². The fourth-order valence-corrected chi connectivity index (χ4v) is 2.46. The average Bonchev–Trinajstić information content (AvgIpc) is 2.65. The molecule has 1 aliphatic rings. The molecule has 3 nitrogen and oxygen atoms in total. The zero-order valence-electron chi connectivity index (χ0n) is 8.69. The van der Waals surface area contributed by atoms with Crippen LogP contribution < -0.4 is 5.73 Å². The molecular weight excluding hydrogens is 254 g/mol. The molecule has 82 valence electrons. The molecule has 15 heavy (non-hydrogen) atoms. The normalized spacial score (nSPS) is 22.1. The lowest BCUT2D eigenvalue weighted by Crippen LogP contribution is -2.22. The third-order valence-corrected chi connectivity index (χ3v) is 3.33. The minimum absolute atomic E-state index is 0.690. The minimum atomic E-state index is 0.690. The number of nitrogens with two attached hydrogens (primary N) is 1. The molecular formula is C11H16BrN3. The van der Waals surface area contributed by atoms with Gasteiger partial charge >= 0.3 is 0 Å². The number of pyridine rings is 1. The molecule has 0 unspecified atom stereocenters. The van der Waals surface area contributed by atoms with E-state index in [-0.39, 0.29) is 0 Å². The fourth-order valence-electron chi connectivity index (χ4n) is 2.05. The van der Waals surface area contributed by atoms with Gasteiger partial charge in [0.1, 0.15) is 4.60 Å². The molecule has 1 saturated heterocycles. The summed E-state index contributed by atoms with van der Waals surface area (Å²) in [6, 6.07) is 4.15. The monoisotopic (exact) mass is 269 g/mol. The molecule has 4 heteroatoms. The zero-order chi connectivity index (χ0) is 10.7. The molecule has 1 aliphatic heterocycles. The number of likely N-dealkylation sites (tertiary alicyclic amines) is 1. The minimum Gasteiger partial charge on any atom is -0.330 e. The Kier molecular flexibility index (Phi) is 3.72. The summed E-state index contributed by atoms with van der Waals surface area (Å²) in [6.07, 6.45) is 3.08. The number of rotatable bonds is 3. The van der Waals surface area contributed by atoms with Crippen LogP contribution in [0.2, 0.25) is 0 Å². The van der Waals surface area contributed by atoms with Gasteiger partial charge in [-0.1, -0.05) is 0 Å². The molecule has 1 aromatic rings. The van der Waals surface area contributed by atoms with E-state index >= 15 is 0 Å². The first-order valence-corrected chi connectivity index (χ1v) is 6.10. The van der Waals surface area contributed by atoms with Gasteiger partial charge in [-0.15, -0.1) is 0 Å². The van der Waals surface area contributed by atoms with Gasteiger partial charge < -0.3 is 5.73 Å². The zero-order valence-corrected chi connectivity index (χ0v) is 10.3. The van der Waals surface area contributed by atoms with Crippen LogP contribution >= 0.6 is 15.9 Å². The average molecular weight is 270 g/mol. The predicted octanol–water partition coefficient (Wildman–Crippen LogP) is 1.62. The van der Waals surface area contributed by atoms with Crippen molar-refractivity contribution < 1.29 is 0 Å². The van der Waals surface area contributed by atoms with E-state index in [9.17, 15) is 0 Å². The fraction of sp³-hybridized carbons (Fsp3) is 0.545. The highest BCUT2D eigenvalue weighted by atomic mass is 79.9. The van der Waals surface area contributed by atoms with Crippen LogP contribution in [0.4, 0.5) is 0 Å². The summed E-state index contributed by atoms with van der Waals surface area (Å²) in [7, 11) is 0. The van der Waals surface area contributed by atoms with Gasteiger partial charge in [0.15, 0.2) is 0 Å². The summed E-state index contributed by atoms with van der Waals surface area (Å²) in [6.45, 7) is 4.13. The third kappa shape index (κ3) is 3.00. The highest BCUT2D eigenvalue weighted by Crippen LogP contribution is 2.18. The molecule has 0 saturated carbocycles. The summed E-state index contributed by atoms with van der Waals surface area (Å²) in [5.41, 5.74) is 6.98. The van der Waals surface area contributed by atoms with E-state index in [0.29, 0.717) is 5.92 Å². The Morgan fingerprint density at radius 3 is 3.13 bits per heavy atom. The predicted molar refractivity (Wildman–Crippen MR) is 64.4 cm³/mol. The lowest BCUT2D eigenvalue weighted by atomic mass is 10.1. The van der Waals surface area contributed by atoms with Crippen LogP contribution in [0.25, 0.3) is 0 Å². The second-order valence-corrected chi connectivity index (χ2v) is 4.92. The maximum absolute atomic E-state index is 5.67. The Bertz CT molecular complexity index is 329. The lowest BCUT2D eigenvalue weighted by Gasteiger charge is -2.15. The van der Waals surface area contributed by atoms with Crippen molar-refractivity contribution in [2.24, 2.45) is 11.7 Å². The summed E-state index contributed by atoms with van der Waals surface area (Å²) in [5, 5.41) is 0. The van der Waals surface area contributed by atoms with Crippen LogP contribution in [0, 0.1) is 5.92 Å². The Balaban J connectivity index is 1.92. The number of halogens is 1. The van der Waals surface area contributed by atoms with E-state index < -0.39 is 0 Å². The Hall–Kier alpha value is -0.450. The third-order valence-electron chi connectivity index (χ3n) is 2.90. The Labute approximate surface area is 98.8 Å². The molecule has 2 rings (SSSR count). The number of aromatic nitrogens is 1. The molecule has 1 fully saturated rings. The summed E-state index contributed by atoms with van der Waals surface area (Å²) < 4.78 is 0.912. The van der Waals surface area contributed by atoms with Crippen LogP contribution in [0.15, 0.2) is 22.9 Å². The van der Waals surface area contributed by atoms with Gasteiger partial charge in [-0.2, -0.15) is 0 Å². The topological polar surface area (TPSA) is 42.1 Å². The van der Waals surface area contributed by atoms with Crippen LogP contribution in [0.5, 0.6) is 0 Å². The molecule has 0 aromatic carbocycles. The van der Waals surface area contributed by atoms with Crippen LogP contribution in [-0.4, -0.2) is 29.5 Å². The van der Waals surface area contributed by atoms with Crippen molar-refractivity contribution in [3.8, 4) is 0 Å². The standard InChI is InChI=1S/C11H16BrN3/c12-11-5-9(1-3-14-11)7-15-4-2-10(6-13)8-15/h1,3,5,10H,2,4,6-8,13H2/t10-/m0/s1. The highest BCUT2D eigenvalue weighted by molar-refractivity contribution is 9.10. The largest absolute Gasteiger partial charge is 0.330 e. The van der Waals surface area contributed by atoms with Crippen LogP contribution in [0.3, 0.4) is 0 Å². The molecule has 0 radical (unpaired) electrons. The van der Waals surface area contributed by atoms with Gasteiger partial charge in [0, 0.05) is 19.3 Å². The Morgan fingerprint density at radius 2 is 2.47 bits per heavy atom. The van der Waals surface area contributed by atoms with Gasteiger partial charge in [0.05, 0.1) is 0 Å². The quantitative estimate of drug-likeness (QED) is 0.849. The molecule has 0 spiro atoms. The van der Waals surface area contributed by atoms with Gasteiger partial charge in [-0.25, -0.2) is 4.98 Å². The van der Waals surface area contributed by atoms with Crippen molar-refractivity contribution in [2.75, 3.05) is 19.6 Å². The molecule has 0 bridgehead atoms. The van der Waals surface area contributed by atoms with E-state index in [4.69, 9.17) is 5.73 Å². The molecule has 2 N–H and O–H groups in total. The summed E-state index contributed by atoms with van der Waals surface area (Å²) >= 11 is 3.39. The van der Waals surface area contributed by atoms with E-state index in [2.05, 4.69) is 37.9 Å². The smallest absolute Gasteiger partial charge is 0.106 e. The summed E-state index contributed by atoms with van der Waals surface area (Å²) in [5.74, 6) is 0.690. The SMILES string of the molecule is NC[C@@H]1CCN(Cc2ccnc(Br)c2)C1. The lowest BCUT2D eigenvalue weighted by molar-refractivity contribution is 0.318. The van der Waals surface area contributed by atoms with Crippen molar-refractivity contribution in [3.63, 3.8) is 0 Å². The maximum Gasteiger partial charge on any atom is 0.106 e. The molecule has 1 aromatic heterocycles. The Morgan fingerprint density at radius 1 is 1.60 bits per heavy atom. The van der Waals surface area contributed by atoms with Gasteiger partial charge in [-0.3, -0.25) is 4.90 Å². The second-order valence-electron chi connectivity index (χ2n) is 4.11. The van der Waals surface area contributed by atoms with Crippen molar-refractivity contribution >= 4 is 15.9 Å². The molecule has 1 atom stereocenters. The van der Waals surface area contributed by atoms with E-state index in [1.807, 2.05) is 6.20 Å². The van der Waals surface area contributed by atoms with E-state index in [1.54, 1.807) is 0 Å². The van der Waals surface area contributed by atoms with Crippen LogP contribution in [-0.2, 0) is 6.54 Å². The second kappa shape index (κ2) is 5.05. The summed E-state index contributed by atoms with van der Waals surface area (Å²) in [4.78, 5) is 6.58. The van der Waals surface area contributed by atoms with E-state index in [1.165, 1.54) is 18.5 Å².